The first-order valence-corrected chi connectivity index (χ1v) is 19.9. The van der Waals surface area contributed by atoms with Crippen LogP contribution in [0.3, 0.4) is 0 Å². The van der Waals surface area contributed by atoms with Crippen molar-refractivity contribution in [3.63, 3.8) is 0 Å². The second-order valence-electron chi connectivity index (χ2n) is 13.7. The number of benzene rings is 3. The number of ether oxygens (including phenoxy) is 6. The van der Waals surface area contributed by atoms with Gasteiger partial charge in [0.2, 0.25) is 0 Å². The highest BCUT2D eigenvalue weighted by Crippen LogP contribution is 2.42. The molecule has 60 heavy (non-hydrogen) atoms. The Hall–Kier alpha value is -5.47. The van der Waals surface area contributed by atoms with Gasteiger partial charge in [0.1, 0.15) is 36.5 Å². The molecule has 1 fully saturated rings. The van der Waals surface area contributed by atoms with Crippen molar-refractivity contribution < 1.29 is 56.1 Å². The molecule has 19 heteroatoms. The number of nitrogens with one attached hydrogen (secondary N) is 2. The molecular weight excluding hydrogens is 812 g/mol. The molecule has 0 aliphatic carbocycles. The molecule has 1 aliphatic heterocycles. The highest BCUT2D eigenvalue weighted by Gasteiger charge is 2.36. The second-order valence-corrected chi connectivity index (χ2v) is 14.7. The lowest BCUT2D eigenvalue weighted by Gasteiger charge is -2.32. The lowest BCUT2D eigenvalue weighted by atomic mass is 10.0. The molecular formula is C41H48F3N5O10S. The summed E-state index contributed by atoms with van der Waals surface area (Å²) in [4.78, 5) is 40.4. The van der Waals surface area contributed by atoms with E-state index in [1.54, 1.807) is 12.1 Å². The van der Waals surface area contributed by atoms with E-state index in [1.807, 2.05) is 37.4 Å². The van der Waals surface area contributed by atoms with E-state index in [0.717, 1.165) is 61.8 Å². The molecule has 1 atom stereocenters. The van der Waals surface area contributed by atoms with Crippen LogP contribution >= 0.6 is 11.3 Å². The zero-order valence-electron chi connectivity index (χ0n) is 33.5. The SMILES string of the molecule is COC(=O)c1sc(Nc2cc(CN3CCN(C)CC3)ccc2[N+](=O)[O-])cc1OC(C)c1ccc(OCCOCCOCCNC(=O)OCc2ccccc2)cc1C(F)(F)F. The number of methoxy groups -OCH3 is 1. The Bertz CT molecular complexity index is 2030. The number of alkyl carbamates (subject to hydrolysis) is 1. The Morgan fingerprint density at radius 1 is 0.917 bits per heavy atom. The average Bonchev–Trinajstić information content (AvgIpc) is 3.62. The van der Waals surface area contributed by atoms with E-state index >= 15 is 0 Å². The van der Waals surface area contributed by atoms with Crippen LogP contribution in [0, 0.1) is 10.1 Å². The molecule has 324 valence electrons. The number of nitrogens with zero attached hydrogens (tertiary/aromatic N) is 3. The van der Waals surface area contributed by atoms with Gasteiger partial charge in [0, 0.05) is 57.0 Å². The number of hydrogen-bond donors (Lipinski definition) is 2. The van der Waals surface area contributed by atoms with Crippen LogP contribution in [0.1, 0.15) is 45.0 Å². The minimum atomic E-state index is -4.78. The van der Waals surface area contributed by atoms with E-state index in [1.165, 1.54) is 31.2 Å². The molecule has 1 amide bonds. The highest BCUT2D eigenvalue weighted by molar-refractivity contribution is 7.18. The molecule has 0 spiro atoms. The zero-order chi connectivity index (χ0) is 43.1. The summed E-state index contributed by atoms with van der Waals surface area (Å²) in [5.41, 5.74) is 0.478. The molecule has 15 nitrogen and oxygen atoms in total. The first kappa shape index (κ1) is 45.6. The number of anilines is 2. The number of rotatable bonds is 21. The summed E-state index contributed by atoms with van der Waals surface area (Å²) in [6.45, 7) is 6.54. The van der Waals surface area contributed by atoms with Gasteiger partial charge in [-0.15, -0.1) is 11.3 Å². The summed E-state index contributed by atoms with van der Waals surface area (Å²) in [7, 11) is 3.21. The van der Waals surface area contributed by atoms with Gasteiger partial charge in [-0.25, -0.2) is 9.59 Å². The first-order valence-electron chi connectivity index (χ1n) is 19.1. The molecule has 0 saturated carbocycles. The number of hydrogen-bond acceptors (Lipinski definition) is 14. The predicted molar refractivity (Wildman–Crippen MR) is 217 cm³/mol. The predicted octanol–water partition coefficient (Wildman–Crippen LogP) is 7.43. The number of esters is 1. The van der Waals surface area contributed by atoms with Gasteiger partial charge in [-0.1, -0.05) is 42.5 Å². The molecule has 1 saturated heterocycles. The van der Waals surface area contributed by atoms with Crippen molar-refractivity contribution in [2.75, 3.05) is 85.2 Å². The van der Waals surface area contributed by atoms with Crippen molar-refractivity contribution >= 4 is 39.8 Å². The summed E-state index contributed by atoms with van der Waals surface area (Å²) >= 11 is 0.889. The monoisotopic (exact) mass is 859 g/mol. The number of amides is 1. The maximum atomic E-state index is 14.4. The van der Waals surface area contributed by atoms with Crippen molar-refractivity contribution in [2.24, 2.45) is 0 Å². The van der Waals surface area contributed by atoms with E-state index in [9.17, 15) is 32.9 Å². The summed E-state index contributed by atoms with van der Waals surface area (Å²) in [5, 5.41) is 17.8. The number of halogens is 3. The number of carbonyl (C=O) groups is 2. The van der Waals surface area contributed by atoms with Crippen LogP contribution in [0.25, 0.3) is 0 Å². The van der Waals surface area contributed by atoms with Crippen molar-refractivity contribution in [1.82, 2.24) is 15.1 Å². The van der Waals surface area contributed by atoms with E-state index < -0.39 is 34.8 Å². The van der Waals surface area contributed by atoms with Crippen LogP contribution in [-0.2, 0) is 38.3 Å². The van der Waals surface area contributed by atoms with E-state index in [4.69, 9.17) is 28.4 Å². The maximum Gasteiger partial charge on any atom is 0.416 e. The third kappa shape index (κ3) is 13.8. The van der Waals surface area contributed by atoms with E-state index in [2.05, 4.69) is 20.4 Å². The number of piperazine rings is 1. The molecule has 1 aliphatic rings. The molecule has 3 aromatic carbocycles. The average molecular weight is 860 g/mol. The molecule has 0 bridgehead atoms. The van der Waals surface area contributed by atoms with Crippen LogP contribution in [0.2, 0.25) is 0 Å². The quantitative estimate of drug-likeness (QED) is 0.0369. The van der Waals surface area contributed by atoms with Crippen LogP contribution in [0.15, 0.2) is 72.8 Å². The van der Waals surface area contributed by atoms with E-state index in [0.29, 0.717) is 6.54 Å². The molecule has 4 aromatic rings. The maximum absolute atomic E-state index is 14.4. The molecule has 2 N–H and O–H groups in total. The fraction of sp³-hybridized carbons (Fsp3) is 0.415. The Labute approximate surface area is 349 Å². The Kier molecular flexibility index (Phi) is 16.9. The molecule has 1 unspecified atom stereocenters. The number of carbonyl (C=O) groups excluding carboxylic acids is 2. The Morgan fingerprint density at radius 3 is 2.33 bits per heavy atom. The smallest absolute Gasteiger partial charge is 0.416 e. The molecule has 2 heterocycles. The Morgan fingerprint density at radius 2 is 1.63 bits per heavy atom. The fourth-order valence-corrected chi connectivity index (χ4v) is 7.04. The van der Waals surface area contributed by atoms with Crippen LogP contribution in [0.4, 0.5) is 34.3 Å². The minimum absolute atomic E-state index is 0.0401. The number of nitro groups is 1. The van der Waals surface area contributed by atoms with Gasteiger partial charge in [0.05, 0.1) is 49.0 Å². The lowest BCUT2D eigenvalue weighted by molar-refractivity contribution is -0.383. The number of likely N-dealkylation sites (N-methyl/N-ethyl adjacent to an activating group) is 1. The lowest BCUT2D eigenvalue weighted by Crippen LogP contribution is -2.43. The van der Waals surface area contributed by atoms with Gasteiger partial charge in [-0.2, -0.15) is 13.2 Å². The van der Waals surface area contributed by atoms with Crippen LogP contribution in [-0.4, -0.2) is 107 Å². The molecule has 5 rings (SSSR count). The van der Waals surface area contributed by atoms with Crippen molar-refractivity contribution in [3.8, 4) is 11.5 Å². The summed E-state index contributed by atoms with van der Waals surface area (Å²) in [6, 6.07) is 18.9. The van der Waals surface area contributed by atoms with Gasteiger partial charge >= 0.3 is 18.2 Å². The normalized spacial score (nSPS) is 14.0. The van der Waals surface area contributed by atoms with Gasteiger partial charge in [0.15, 0.2) is 4.88 Å². The second kappa shape index (κ2) is 22.2. The van der Waals surface area contributed by atoms with Gasteiger partial charge in [-0.3, -0.25) is 15.0 Å². The Balaban J connectivity index is 1.13. The largest absolute Gasteiger partial charge is 0.491 e. The van der Waals surface area contributed by atoms with Gasteiger partial charge < -0.3 is 44.0 Å². The van der Waals surface area contributed by atoms with E-state index in [-0.39, 0.29) is 84.5 Å². The first-order chi connectivity index (χ1) is 28.8. The summed E-state index contributed by atoms with van der Waals surface area (Å²) in [6.07, 6.45) is -6.56. The zero-order valence-corrected chi connectivity index (χ0v) is 34.3. The fourth-order valence-electron chi connectivity index (χ4n) is 6.12. The molecule has 0 radical (unpaired) electrons. The van der Waals surface area contributed by atoms with Gasteiger partial charge in [0.25, 0.3) is 5.69 Å². The highest BCUT2D eigenvalue weighted by atomic mass is 32.1. The number of nitro benzene ring substituents is 1. The van der Waals surface area contributed by atoms with Crippen molar-refractivity contribution in [2.45, 2.75) is 32.4 Å². The third-order valence-electron chi connectivity index (χ3n) is 9.26. The third-order valence-corrected chi connectivity index (χ3v) is 10.3. The summed E-state index contributed by atoms with van der Waals surface area (Å²) < 4.78 is 75.6. The van der Waals surface area contributed by atoms with Crippen molar-refractivity contribution in [1.29, 1.82) is 0 Å². The standard InChI is InChI=1S/C41H48F3N5O10S/c1-28(59-36-25-37(60-38(36)39(50)54-3)46-34-23-30(9-12-35(34)49(52)53)26-48-16-14-47(2)15-17-48)32-11-10-31(24-33(32)41(42,43)44)57-22-21-56-20-19-55-18-13-45-40(51)58-27-29-7-5-4-6-8-29/h4-12,23-25,28,46H,13-22,26-27H2,1-3H3,(H,45,51). The van der Waals surface area contributed by atoms with Crippen molar-refractivity contribution in [3.05, 3.63) is 110 Å². The van der Waals surface area contributed by atoms with Gasteiger partial charge in [-0.05, 0) is 43.3 Å². The summed E-state index contributed by atoms with van der Waals surface area (Å²) in [5.74, 6) is -0.904. The van der Waals surface area contributed by atoms with Crippen LogP contribution in [0.5, 0.6) is 11.5 Å². The number of alkyl halides is 3. The topological polar surface area (TPSA) is 163 Å². The minimum Gasteiger partial charge on any atom is -0.491 e. The molecule has 1 aromatic heterocycles. The van der Waals surface area contributed by atoms with Crippen LogP contribution < -0.4 is 20.1 Å². The number of thiophene rings is 1.